The Bertz CT molecular complexity index is 698. The topological polar surface area (TPSA) is 105 Å². The lowest BCUT2D eigenvalue weighted by molar-refractivity contribution is -0.254. The summed E-state index contributed by atoms with van der Waals surface area (Å²) >= 11 is 0. The fraction of sp³-hybridized carbons (Fsp3) is 0.917. The summed E-state index contributed by atoms with van der Waals surface area (Å²) < 4.78 is 11.2. The second-order valence-corrected chi connectivity index (χ2v) is 12.8. The van der Waals surface area contributed by atoms with Gasteiger partial charge in [0.2, 0.25) is 5.91 Å². The van der Waals surface area contributed by atoms with Gasteiger partial charge in [-0.15, -0.1) is 12.3 Å². The molecule has 0 bridgehead atoms. The molecule has 0 aliphatic carbocycles. The zero-order valence-electron chi connectivity index (χ0n) is 28.0. The zero-order chi connectivity index (χ0) is 31.5. The van der Waals surface area contributed by atoms with Crippen molar-refractivity contribution in [1.29, 1.82) is 0 Å². The van der Waals surface area contributed by atoms with Crippen LogP contribution < -0.4 is 5.73 Å². The minimum Gasteiger partial charge on any atom is -0.388 e. The number of ether oxygens (including phenoxy) is 2. The Balaban J connectivity index is 2.33. The van der Waals surface area contributed by atoms with E-state index in [0.717, 1.165) is 57.8 Å². The maximum Gasteiger partial charge on any atom is 0.222 e. The summed E-state index contributed by atoms with van der Waals surface area (Å²) in [5, 5.41) is 21.1. The van der Waals surface area contributed by atoms with E-state index >= 15 is 0 Å². The third kappa shape index (κ3) is 19.1. The molecule has 0 unspecified atom stereocenters. The highest BCUT2D eigenvalue weighted by Gasteiger charge is 2.43. The normalized spacial score (nSPS) is 22.0. The summed E-state index contributed by atoms with van der Waals surface area (Å²) in [4.78, 5) is 15.1. The highest BCUT2D eigenvalue weighted by atomic mass is 16.7. The zero-order valence-corrected chi connectivity index (χ0v) is 28.0. The van der Waals surface area contributed by atoms with Gasteiger partial charge in [-0.1, -0.05) is 129 Å². The summed E-state index contributed by atoms with van der Waals surface area (Å²) in [5.74, 6) is 2.77. The molecule has 1 fully saturated rings. The number of amides is 1. The van der Waals surface area contributed by atoms with Crippen LogP contribution in [-0.4, -0.2) is 71.9 Å². The number of carbonyl (C=O) groups excluding carboxylic acids is 1. The van der Waals surface area contributed by atoms with Crippen molar-refractivity contribution in [3.05, 3.63) is 0 Å². The first-order valence-corrected chi connectivity index (χ1v) is 18.0. The number of carbonyl (C=O) groups is 1. The Morgan fingerprint density at radius 3 is 1.72 bits per heavy atom. The van der Waals surface area contributed by atoms with E-state index in [1.165, 1.54) is 97.0 Å². The monoisotopic (exact) mass is 609 g/mol. The summed E-state index contributed by atoms with van der Waals surface area (Å²) in [5.41, 5.74) is 5.96. The van der Waals surface area contributed by atoms with Crippen LogP contribution in [0.15, 0.2) is 0 Å². The molecule has 1 aliphatic heterocycles. The first-order chi connectivity index (χ1) is 21.0. The first kappa shape index (κ1) is 39.9. The van der Waals surface area contributed by atoms with Gasteiger partial charge in [0.05, 0.1) is 6.04 Å². The Labute approximate surface area is 265 Å². The molecule has 1 saturated heterocycles. The number of aliphatic hydroxyl groups is 2. The van der Waals surface area contributed by atoms with Crippen LogP contribution in [0, 0.1) is 12.3 Å². The van der Waals surface area contributed by atoms with E-state index < -0.39 is 30.6 Å². The molecular formula is C36H68N2O5. The standard InChI is InChI=1S/C36H68N2O5/c1-4-6-8-10-12-14-15-16-17-18-19-20-21-23-25-27-29-38(32(39)28-26-24-22-13-11-9-7-5-2)30-31-34(40)35(41)33(37)36(42-3)43-31/h2,31,33-36,40-41H,4,6-30,37H2,1,3H3/t31-,33+,34-,35-,36+/m1/s1. The van der Waals surface area contributed by atoms with Gasteiger partial charge < -0.3 is 30.3 Å². The number of rotatable bonds is 28. The summed E-state index contributed by atoms with van der Waals surface area (Å²) in [6.07, 6.45) is 30.1. The maximum absolute atomic E-state index is 13.2. The molecule has 1 amide bonds. The molecule has 7 heteroatoms. The second kappa shape index (κ2) is 27.2. The van der Waals surface area contributed by atoms with Gasteiger partial charge >= 0.3 is 0 Å². The van der Waals surface area contributed by atoms with Crippen molar-refractivity contribution in [2.45, 2.75) is 192 Å². The molecule has 0 aromatic rings. The van der Waals surface area contributed by atoms with Crippen molar-refractivity contribution < 1.29 is 24.5 Å². The molecule has 1 aliphatic rings. The van der Waals surface area contributed by atoms with Gasteiger partial charge in [-0.05, 0) is 19.3 Å². The second-order valence-electron chi connectivity index (χ2n) is 12.8. The van der Waals surface area contributed by atoms with Gasteiger partial charge in [0.1, 0.15) is 18.3 Å². The molecule has 252 valence electrons. The van der Waals surface area contributed by atoms with Crippen LogP contribution >= 0.6 is 0 Å². The number of methoxy groups -OCH3 is 1. The van der Waals surface area contributed by atoms with Crippen molar-refractivity contribution in [1.82, 2.24) is 4.90 Å². The average Bonchev–Trinajstić information content (AvgIpc) is 3.01. The number of terminal acetylenes is 1. The lowest BCUT2D eigenvalue weighted by Gasteiger charge is -2.42. The smallest absolute Gasteiger partial charge is 0.222 e. The number of aliphatic hydroxyl groups excluding tert-OH is 2. The van der Waals surface area contributed by atoms with Gasteiger partial charge in [0.15, 0.2) is 6.29 Å². The quantitative estimate of drug-likeness (QED) is 0.0638. The molecule has 1 heterocycles. The van der Waals surface area contributed by atoms with E-state index in [0.29, 0.717) is 13.0 Å². The van der Waals surface area contributed by atoms with Crippen molar-refractivity contribution in [3.63, 3.8) is 0 Å². The number of nitrogens with two attached hydrogens (primary N) is 1. The Morgan fingerprint density at radius 1 is 0.767 bits per heavy atom. The Hall–Kier alpha value is -1.17. The van der Waals surface area contributed by atoms with E-state index in [1.54, 1.807) is 0 Å². The van der Waals surface area contributed by atoms with Crippen molar-refractivity contribution in [2.75, 3.05) is 20.2 Å². The van der Waals surface area contributed by atoms with Crippen LogP contribution in [0.25, 0.3) is 0 Å². The number of hydrogen-bond acceptors (Lipinski definition) is 6. The van der Waals surface area contributed by atoms with Crippen LogP contribution in [0.4, 0.5) is 0 Å². The molecule has 0 aromatic heterocycles. The third-order valence-corrected chi connectivity index (χ3v) is 8.98. The molecule has 1 rings (SSSR count). The van der Waals surface area contributed by atoms with Crippen molar-refractivity contribution in [3.8, 4) is 12.3 Å². The summed E-state index contributed by atoms with van der Waals surface area (Å²) in [6.45, 7) is 3.14. The van der Waals surface area contributed by atoms with Gasteiger partial charge in [0, 0.05) is 33.0 Å². The van der Waals surface area contributed by atoms with Crippen LogP contribution in [-0.2, 0) is 14.3 Å². The van der Waals surface area contributed by atoms with E-state index in [9.17, 15) is 15.0 Å². The fourth-order valence-corrected chi connectivity index (χ4v) is 6.07. The van der Waals surface area contributed by atoms with Gasteiger partial charge in [-0.25, -0.2) is 0 Å². The lowest BCUT2D eigenvalue weighted by atomic mass is 9.96. The van der Waals surface area contributed by atoms with E-state index in [-0.39, 0.29) is 12.5 Å². The van der Waals surface area contributed by atoms with E-state index in [2.05, 4.69) is 12.8 Å². The van der Waals surface area contributed by atoms with Crippen molar-refractivity contribution in [2.24, 2.45) is 5.73 Å². The number of nitrogens with zero attached hydrogens (tertiary/aromatic N) is 1. The predicted molar refractivity (Wildman–Crippen MR) is 178 cm³/mol. The van der Waals surface area contributed by atoms with Gasteiger partial charge in [-0.2, -0.15) is 0 Å². The minimum absolute atomic E-state index is 0.0856. The summed E-state index contributed by atoms with van der Waals surface area (Å²) in [7, 11) is 1.47. The van der Waals surface area contributed by atoms with Gasteiger partial charge in [-0.3, -0.25) is 4.79 Å². The van der Waals surface area contributed by atoms with Crippen molar-refractivity contribution >= 4 is 5.91 Å². The Kier molecular flexibility index (Phi) is 25.2. The van der Waals surface area contributed by atoms with Crippen LogP contribution in [0.2, 0.25) is 0 Å². The fourth-order valence-electron chi connectivity index (χ4n) is 6.07. The average molecular weight is 609 g/mol. The highest BCUT2D eigenvalue weighted by Crippen LogP contribution is 2.22. The molecule has 7 nitrogen and oxygen atoms in total. The van der Waals surface area contributed by atoms with Gasteiger partial charge in [0.25, 0.3) is 0 Å². The van der Waals surface area contributed by atoms with E-state index in [1.807, 2.05) is 4.90 Å². The largest absolute Gasteiger partial charge is 0.388 e. The molecule has 0 saturated carbocycles. The summed E-state index contributed by atoms with van der Waals surface area (Å²) in [6, 6.07) is -0.832. The molecule has 0 spiro atoms. The minimum atomic E-state index is -1.16. The van der Waals surface area contributed by atoms with Crippen LogP contribution in [0.5, 0.6) is 0 Å². The Morgan fingerprint density at radius 2 is 1.23 bits per heavy atom. The number of hydrogen-bond donors (Lipinski definition) is 3. The third-order valence-electron chi connectivity index (χ3n) is 8.98. The van der Waals surface area contributed by atoms with E-state index in [4.69, 9.17) is 21.6 Å². The highest BCUT2D eigenvalue weighted by molar-refractivity contribution is 5.76. The molecule has 0 aromatic carbocycles. The number of unbranched alkanes of at least 4 members (excludes halogenated alkanes) is 21. The molecule has 43 heavy (non-hydrogen) atoms. The molecule has 5 atom stereocenters. The molecule has 4 N–H and O–H groups in total. The predicted octanol–water partition coefficient (Wildman–Crippen LogP) is 7.25. The first-order valence-electron chi connectivity index (χ1n) is 18.0. The van der Waals surface area contributed by atoms with Crippen LogP contribution in [0.3, 0.4) is 0 Å². The molecule has 0 radical (unpaired) electrons. The SMILES string of the molecule is C#CCCCCCCCCC(=O)N(CCCCCCCCCCCCCCCCCC)C[C@H]1O[C@H](OC)[C@@H](N)[C@@H](O)[C@@H]1O. The maximum atomic E-state index is 13.2. The van der Waals surface area contributed by atoms with Crippen LogP contribution in [0.1, 0.15) is 161 Å². The molecular weight excluding hydrogens is 540 g/mol. The lowest BCUT2D eigenvalue weighted by Crippen LogP contribution is -2.63.